The molecule has 0 atom stereocenters. The van der Waals surface area contributed by atoms with Crippen molar-refractivity contribution in [3.63, 3.8) is 0 Å². The third-order valence-electron chi connectivity index (χ3n) is 6.58. The highest BCUT2D eigenvalue weighted by atomic mass is 19.1. The number of aromatic nitrogens is 1. The number of carbonyl (C=O) groups is 2. The van der Waals surface area contributed by atoms with Crippen molar-refractivity contribution in [2.24, 2.45) is 0 Å². The lowest BCUT2D eigenvalue weighted by atomic mass is 9.90. The van der Waals surface area contributed by atoms with Crippen LogP contribution in [0.3, 0.4) is 0 Å². The maximum absolute atomic E-state index is 14.1. The summed E-state index contributed by atoms with van der Waals surface area (Å²) in [5.41, 5.74) is 2.12. The van der Waals surface area contributed by atoms with Gasteiger partial charge in [-0.25, -0.2) is 14.2 Å². The average Bonchev–Trinajstić information content (AvgIpc) is 3.15. The largest absolute Gasteiger partial charge is 0.491 e. The first-order chi connectivity index (χ1) is 18.4. The number of fused-ring (bicyclic) bond motifs is 1. The minimum atomic E-state index is -1.20. The second kappa shape index (κ2) is 10.7. The molecule has 192 valence electrons. The number of nitrogens with zero attached hydrogens (tertiary/aromatic N) is 3. The lowest BCUT2D eigenvalue weighted by molar-refractivity contribution is -0.118. The number of hydrogen-bond donors (Lipinski definition) is 1. The number of amides is 1. The van der Waals surface area contributed by atoms with Crippen LogP contribution in [0.25, 0.3) is 0 Å². The molecule has 0 saturated heterocycles. The SMILES string of the molecule is CN(C(=O)C(c1ccccc1)c1ccccc1)c1cnc(N2CCCOc3ccc(F)cc32)cc1C(=O)O. The summed E-state index contributed by atoms with van der Waals surface area (Å²) in [6, 6.07) is 24.3. The molecule has 0 bridgehead atoms. The zero-order valence-corrected chi connectivity index (χ0v) is 20.8. The number of carboxylic acids is 1. The fraction of sp³-hybridized carbons (Fsp3) is 0.167. The molecular formula is C30H26FN3O4. The number of carbonyl (C=O) groups excluding carboxylic acids is 1. The lowest BCUT2D eigenvalue weighted by Crippen LogP contribution is -2.33. The van der Waals surface area contributed by atoms with Crippen molar-refractivity contribution in [3.8, 4) is 5.75 Å². The molecule has 1 aromatic heterocycles. The molecule has 0 radical (unpaired) electrons. The molecule has 8 heteroatoms. The van der Waals surface area contributed by atoms with Gasteiger partial charge in [0.05, 0.1) is 35.7 Å². The van der Waals surface area contributed by atoms with Gasteiger partial charge in [0.15, 0.2) is 0 Å². The molecule has 1 aliphatic rings. The molecule has 0 fully saturated rings. The number of hydrogen-bond acceptors (Lipinski definition) is 5. The van der Waals surface area contributed by atoms with E-state index in [1.54, 1.807) is 18.0 Å². The van der Waals surface area contributed by atoms with Gasteiger partial charge < -0.3 is 19.6 Å². The van der Waals surface area contributed by atoms with Crippen molar-refractivity contribution < 1.29 is 23.8 Å². The van der Waals surface area contributed by atoms with Crippen LogP contribution in [0, 0.1) is 5.82 Å². The van der Waals surface area contributed by atoms with Crippen LogP contribution < -0.4 is 14.5 Å². The van der Waals surface area contributed by atoms with Crippen LogP contribution in [0.4, 0.5) is 21.6 Å². The van der Waals surface area contributed by atoms with Crippen LogP contribution in [-0.2, 0) is 4.79 Å². The molecule has 7 nitrogen and oxygen atoms in total. The molecule has 0 aliphatic carbocycles. The normalized spacial score (nSPS) is 12.9. The number of aromatic carboxylic acids is 1. The lowest BCUT2D eigenvalue weighted by Gasteiger charge is -2.27. The minimum absolute atomic E-state index is 0.0890. The van der Waals surface area contributed by atoms with E-state index < -0.39 is 17.7 Å². The van der Waals surface area contributed by atoms with E-state index in [9.17, 15) is 19.1 Å². The number of rotatable bonds is 6. The van der Waals surface area contributed by atoms with Gasteiger partial charge in [-0.3, -0.25) is 4.79 Å². The Hall–Kier alpha value is -4.72. The summed E-state index contributed by atoms with van der Waals surface area (Å²) in [5.74, 6) is -1.76. The van der Waals surface area contributed by atoms with Crippen LogP contribution in [0.1, 0.15) is 33.8 Å². The highest BCUT2D eigenvalue weighted by Gasteiger charge is 2.30. The third-order valence-corrected chi connectivity index (χ3v) is 6.58. The first kappa shape index (κ1) is 25.0. The van der Waals surface area contributed by atoms with Gasteiger partial charge in [0.2, 0.25) is 5.91 Å². The molecule has 38 heavy (non-hydrogen) atoms. The zero-order valence-electron chi connectivity index (χ0n) is 20.8. The van der Waals surface area contributed by atoms with E-state index in [0.29, 0.717) is 36.8 Å². The Balaban J connectivity index is 1.54. The van der Waals surface area contributed by atoms with E-state index in [4.69, 9.17) is 4.74 Å². The molecule has 0 spiro atoms. The van der Waals surface area contributed by atoms with Gasteiger partial charge in [0, 0.05) is 19.7 Å². The maximum Gasteiger partial charge on any atom is 0.338 e. The van der Waals surface area contributed by atoms with Gasteiger partial charge >= 0.3 is 5.97 Å². The predicted molar refractivity (Wildman–Crippen MR) is 143 cm³/mol. The summed E-state index contributed by atoms with van der Waals surface area (Å²) in [6.45, 7) is 0.900. The molecule has 4 aromatic rings. The molecule has 0 saturated carbocycles. The predicted octanol–water partition coefficient (Wildman–Crippen LogP) is 5.63. The van der Waals surface area contributed by atoms with Crippen LogP contribution >= 0.6 is 0 Å². The summed E-state index contributed by atoms with van der Waals surface area (Å²) in [4.78, 5) is 33.9. The van der Waals surface area contributed by atoms with Crippen molar-refractivity contribution in [1.82, 2.24) is 4.98 Å². The number of halogens is 1. The van der Waals surface area contributed by atoms with Crippen molar-refractivity contribution in [3.05, 3.63) is 114 Å². The Morgan fingerprint density at radius 3 is 2.29 bits per heavy atom. The van der Waals surface area contributed by atoms with Gasteiger partial charge in [0.1, 0.15) is 17.4 Å². The molecule has 1 N–H and O–H groups in total. The summed E-state index contributed by atoms with van der Waals surface area (Å²) in [6.07, 6.45) is 2.02. The highest BCUT2D eigenvalue weighted by molar-refractivity contribution is 6.05. The van der Waals surface area contributed by atoms with Gasteiger partial charge in [-0.05, 0) is 35.7 Å². The molecule has 5 rings (SSSR count). The fourth-order valence-electron chi connectivity index (χ4n) is 4.69. The van der Waals surface area contributed by atoms with E-state index in [0.717, 1.165) is 11.1 Å². The monoisotopic (exact) mass is 511 g/mol. The quantitative estimate of drug-likeness (QED) is 0.361. The summed E-state index contributed by atoms with van der Waals surface area (Å²) in [5, 5.41) is 10.1. The Labute approximate surface area is 219 Å². The summed E-state index contributed by atoms with van der Waals surface area (Å²) >= 11 is 0. The topological polar surface area (TPSA) is 83.0 Å². The standard InChI is InChI=1S/C30H26FN3O4/c1-33(29(35)28(20-9-4-2-5-10-20)21-11-6-3-7-12-21)25-19-32-27(18-23(25)30(36)37)34-15-8-16-38-26-14-13-22(31)17-24(26)34/h2-7,9-14,17-19,28H,8,15-16H2,1H3,(H,36,37). The van der Waals surface area contributed by atoms with Gasteiger partial charge in [-0.2, -0.15) is 0 Å². The van der Waals surface area contributed by atoms with E-state index in [1.807, 2.05) is 60.7 Å². The molecular weight excluding hydrogens is 485 g/mol. The fourth-order valence-corrected chi connectivity index (χ4v) is 4.69. The summed E-state index contributed by atoms with van der Waals surface area (Å²) < 4.78 is 19.8. The number of likely N-dealkylation sites (N-methyl/N-ethyl adjacent to an activating group) is 1. The molecule has 1 amide bonds. The Bertz CT molecular complexity index is 1420. The van der Waals surface area contributed by atoms with Gasteiger partial charge in [0.25, 0.3) is 0 Å². The maximum atomic E-state index is 14.1. The number of pyridine rings is 1. The number of anilines is 3. The van der Waals surface area contributed by atoms with Crippen LogP contribution in [0.2, 0.25) is 0 Å². The van der Waals surface area contributed by atoms with Crippen LogP contribution in [-0.4, -0.2) is 42.2 Å². The average molecular weight is 512 g/mol. The van der Waals surface area contributed by atoms with Crippen molar-refractivity contribution in [2.75, 3.05) is 30.0 Å². The minimum Gasteiger partial charge on any atom is -0.491 e. The van der Waals surface area contributed by atoms with Gasteiger partial charge in [-0.15, -0.1) is 0 Å². The van der Waals surface area contributed by atoms with Crippen LogP contribution in [0.15, 0.2) is 91.1 Å². The molecule has 0 unspecified atom stereocenters. The van der Waals surface area contributed by atoms with Gasteiger partial charge in [-0.1, -0.05) is 60.7 Å². The smallest absolute Gasteiger partial charge is 0.338 e. The van der Waals surface area contributed by atoms with E-state index in [-0.39, 0.29) is 17.2 Å². The molecule has 2 heterocycles. The number of ether oxygens (including phenoxy) is 1. The van der Waals surface area contributed by atoms with Crippen LogP contribution in [0.5, 0.6) is 5.75 Å². The molecule has 3 aromatic carbocycles. The number of benzene rings is 3. The van der Waals surface area contributed by atoms with E-state index in [1.165, 1.54) is 29.3 Å². The van der Waals surface area contributed by atoms with E-state index in [2.05, 4.69) is 4.98 Å². The van der Waals surface area contributed by atoms with Crippen molar-refractivity contribution >= 4 is 29.1 Å². The third kappa shape index (κ3) is 4.93. The van der Waals surface area contributed by atoms with Crippen molar-refractivity contribution in [2.45, 2.75) is 12.3 Å². The Morgan fingerprint density at radius 2 is 1.66 bits per heavy atom. The summed E-state index contributed by atoms with van der Waals surface area (Å²) in [7, 11) is 1.55. The first-order valence-corrected chi connectivity index (χ1v) is 12.2. The molecule has 1 aliphatic heterocycles. The first-order valence-electron chi connectivity index (χ1n) is 12.2. The Kier molecular flexibility index (Phi) is 7.04. The van der Waals surface area contributed by atoms with Crippen molar-refractivity contribution in [1.29, 1.82) is 0 Å². The second-order valence-electron chi connectivity index (χ2n) is 8.98. The number of carboxylic acid groups (broad SMARTS) is 1. The second-order valence-corrected chi connectivity index (χ2v) is 8.98. The highest BCUT2D eigenvalue weighted by Crippen LogP contribution is 2.37. The Morgan fingerprint density at radius 1 is 1.00 bits per heavy atom. The zero-order chi connectivity index (χ0) is 26.6. The van der Waals surface area contributed by atoms with E-state index >= 15 is 0 Å².